The van der Waals surface area contributed by atoms with Crippen LogP contribution >= 0.6 is 11.6 Å². The zero-order valence-electron chi connectivity index (χ0n) is 26.8. The summed E-state index contributed by atoms with van der Waals surface area (Å²) in [6.07, 6.45) is -0.487. The van der Waals surface area contributed by atoms with E-state index in [4.69, 9.17) is 17.7 Å². The van der Waals surface area contributed by atoms with Crippen LogP contribution in [-0.2, 0) is 11.3 Å². The molecule has 9 nitrogen and oxygen atoms in total. The number of piperazine rings is 1. The standard InChI is InChI=1S/C32H38ClF2N7O2/c1-20-18-42(21(2)17-41(20)27(22-7-11-24(34)12-8-22)23-9-13-25(35)14-10-23)29-26-28(37-30(33)38-29)40(19-36-26)16-15-39(6)31(43)44-32(3,4)5/h7-14,19-21,27H,15-18H2,1-6H3/t20-,21+/m1/s1/i19D. The highest BCUT2D eigenvalue weighted by Crippen LogP contribution is 2.36. The molecule has 5 rings (SSSR count). The SMILES string of the molecule is [2H]c1nc2c(N3C[C@@H](C)N(C(c4ccc(F)cc4)c4ccc(F)cc4)C[C@@H]3C)nc(Cl)nc2n1CCN(C)C(=O)OC(C)(C)C. The van der Waals surface area contributed by atoms with Gasteiger partial charge in [0.1, 0.15) is 18.6 Å². The van der Waals surface area contributed by atoms with E-state index in [0.29, 0.717) is 30.1 Å². The molecule has 2 aromatic heterocycles. The molecule has 44 heavy (non-hydrogen) atoms. The number of hydrogen-bond acceptors (Lipinski definition) is 7. The minimum atomic E-state index is -0.626. The lowest BCUT2D eigenvalue weighted by atomic mass is 9.93. The first-order chi connectivity index (χ1) is 21.2. The van der Waals surface area contributed by atoms with E-state index in [0.717, 1.165) is 11.1 Å². The van der Waals surface area contributed by atoms with Crippen LogP contribution in [0.15, 0.2) is 54.8 Å². The van der Waals surface area contributed by atoms with E-state index in [1.54, 1.807) is 56.7 Å². The lowest BCUT2D eigenvalue weighted by Gasteiger charge is -2.48. The van der Waals surface area contributed by atoms with Crippen molar-refractivity contribution in [1.82, 2.24) is 29.3 Å². The average Bonchev–Trinajstić information content (AvgIpc) is 3.28. The largest absolute Gasteiger partial charge is 0.444 e. The molecule has 0 saturated carbocycles. The molecule has 12 heteroatoms. The monoisotopic (exact) mass is 626 g/mol. The smallest absolute Gasteiger partial charge is 0.410 e. The second-order valence-corrected chi connectivity index (χ2v) is 12.6. The maximum absolute atomic E-state index is 13.9. The van der Waals surface area contributed by atoms with Crippen LogP contribution in [0.4, 0.5) is 19.4 Å². The molecule has 1 amide bonds. The van der Waals surface area contributed by atoms with Crippen molar-refractivity contribution < 1.29 is 19.7 Å². The first-order valence-electron chi connectivity index (χ1n) is 15.1. The summed E-state index contributed by atoms with van der Waals surface area (Å²) in [5, 5.41) is 0.0249. The van der Waals surface area contributed by atoms with Crippen LogP contribution in [0.2, 0.25) is 5.28 Å². The quantitative estimate of drug-likeness (QED) is 0.222. The molecule has 0 radical (unpaired) electrons. The van der Waals surface area contributed by atoms with Crippen LogP contribution in [0.25, 0.3) is 11.2 Å². The molecule has 1 aliphatic heterocycles. The minimum Gasteiger partial charge on any atom is -0.444 e. The van der Waals surface area contributed by atoms with Gasteiger partial charge in [0.15, 0.2) is 17.0 Å². The number of amides is 1. The lowest BCUT2D eigenvalue weighted by molar-refractivity contribution is 0.0294. The Balaban J connectivity index is 1.42. The molecule has 234 valence electrons. The molecule has 0 aliphatic carbocycles. The van der Waals surface area contributed by atoms with E-state index in [1.807, 2.05) is 0 Å². The molecule has 1 aliphatic rings. The molecule has 2 atom stereocenters. The molecule has 0 bridgehead atoms. The van der Waals surface area contributed by atoms with E-state index in [-0.39, 0.29) is 54.4 Å². The van der Waals surface area contributed by atoms with E-state index < -0.39 is 11.7 Å². The second kappa shape index (κ2) is 12.6. The van der Waals surface area contributed by atoms with Crippen LogP contribution < -0.4 is 4.90 Å². The number of anilines is 1. The molecule has 0 unspecified atom stereocenters. The summed E-state index contributed by atoms with van der Waals surface area (Å²) in [6.45, 7) is 11.2. The Kier molecular flexibility index (Phi) is 8.68. The number of nitrogens with zero attached hydrogens (tertiary/aromatic N) is 7. The van der Waals surface area contributed by atoms with Crippen molar-refractivity contribution >= 4 is 34.7 Å². The van der Waals surface area contributed by atoms with E-state index >= 15 is 0 Å². The van der Waals surface area contributed by atoms with Crippen molar-refractivity contribution in [3.63, 3.8) is 0 Å². The third kappa shape index (κ3) is 6.94. The van der Waals surface area contributed by atoms with Gasteiger partial charge in [-0.05, 0) is 81.6 Å². The van der Waals surface area contributed by atoms with Gasteiger partial charge in [-0.1, -0.05) is 24.3 Å². The van der Waals surface area contributed by atoms with Gasteiger partial charge >= 0.3 is 6.09 Å². The lowest BCUT2D eigenvalue weighted by Crippen LogP contribution is -2.57. The number of fused-ring (bicyclic) bond motifs is 1. The number of benzene rings is 2. The van der Waals surface area contributed by atoms with Crippen molar-refractivity contribution in [2.45, 2.75) is 64.9 Å². The van der Waals surface area contributed by atoms with Crippen LogP contribution in [0.5, 0.6) is 0 Å². The summed E-state index contributed by atoms with van der Waals surface area (Å²) in [4.78, 5) is 31.9. The van der Waals surface area contributed by atoms with Crippen LogP contribution in [0.3, 0.4) is 0 Å². The fraction of sp³-hybridized carbons (Fsp3) is 0.438. The summed E-state index contributed by atoms with van der Waals surface area (Å²) in [6, 6.07) is 12.5. The number of likely N-dealkylation sites (N-methyl/N-ethyl adjacent to an activating group) is 1. The molecule has 0 N–H and O–H groups in total. The zero-order chi connectivity index (χ0) is 32.6. The number of hydrogen-bond donors (Lipinski definition) is 0. The maximum Gasteiger partial charge on any atom is 0.410 e. The fourth-order valence-corrected chi connectivity index (χ4v) is 5.72. The van der Waals surface area contributed by atoms with E-state index in [1.165, 1.54) is 29.2 Å². The number of imidazole rings is 1. The first-order valence-corrected chi connectivity index (χ1v) is 15.0. The molecular formula is C32H38ClF2N7O2. The van der Waals surface area contributed by atoms with Crippen molar-refractivity contribution in [2.75, 3.05) is 31.6 Å². The van der Waals surface area contributed by atoms with Gasteiger partial charge in [0.05, 0.1) is 12.3 Å². The van der Waals surface area contributed by atoms with Crippen molar-refractivity contribution in [2.24, 2.45) is 0 Å². The Morgan fingerprint density at radius 2 is 1.64 bits per heavy atom. The van der Waals surface area contributed by atoms with Gasteiger partial charge in [-0.3, -0.25) is 4.90 Å². The highest BCUT2D eigenvalue weighted by Gasteiger charge is 2.36. The molecule has 2 aromatic carbocycles. The molecule has 1 fully saturated rings. The number of aromatic nitrogens is 4. The molecule has 4 aromatic rings. The van der Waals surface area contributed by atoms with Gasteiger partial charge in [0.25, 0.3) is 0 Å². The third-order valence-electron chi connectivity index (χ3n) is 7.73. The number of carbonyl (C=O) groups excluding carboxylic acids is 1. The molecule has 1 saturated heterocycles. The van der Waals surface area contributed by atoms with Crippen LogP contribution in [0.1, 0.15) is 53.2 Å². The van der Waals surface area contributed by atoms with Crippen molar-refractivity contribution in [3.05, 3.63) is 82.9 Å². The number of rotatable bonds is 7. The van der Waals surface area contributed by atoms with Gasteiger partial charge in [-0.2, -0.15) is 9.97 Å². The predicted octanol–water partition coefficient (Wildman–Crippen LogP) is 6.31. The highest BCUT2D eigenvalue weighted by molar-refractivity contribution is 6.28. The summed E-state index contributed by atoms with van der Waals surface area (Å²) >= 11 is 6.45. The summed E-state index contributed by atoms with van der Waals surface area (Å²) in [7, 11) is 1.64. The number of halogens is 3. The highest BCUT2D eigenvalue weighted by atomic mass is 35.5. The zero-order valence-corrected chi connectivity index (χ0v) is 26.5. The van der Waals surface area contributed by atoms with Gasteiger partial charge < -0.3 is 19.1 Å². The van der Waals surface area contributed by atoms with Crippen molar-refractivity contribution in [1.29, 1.82) is 0 Å². The fourth-order valence-electron chi connectivity index (χ4n) is 5.56. The molecule has 0 spiro atoms. The van der Waals surface area contributed by atoms with Crippen molar-refractivity contribution in [3.8, 4) is 0 Å². The first kappa shape index (κ1) is 30.2. The topological polar surface area (TPSA) is 79.6 Å². The van der Waals surface area contributed by atoms with E-state index in [9.17, 15) is 13.6 Å². The minimum absolute atomic E-state index is 0.0209. The summed E-state index contributed by atoms with van der Waals surface area (Å²) in [5.74, 6) is -0.119. The Labute approximate surface area is 262 Å². The summed E-state index contributed by atoms with van der Waals surface area (Å²) in [5.41, 5.74) is 2.03. The predicted molar refractivity (Wildman–Crippen MR) is 167 cm³/mol. The molecular weight excluding hydrogens is 588 g/mol. The van der Waals surface area contributed by atoms with Gasteiger partial charge in [-0.25, -0.2) is 18.6 Å². The number of carbonyl (C=O) groups is 1. The Hall–Kier alpha value is -3.83. The number of ether oxygens (including phenoxy) is 1. The molecule has 3 heterocycles. The Bertz CT molecular complexity index is 1620. The van der Waals surface area contributed by atoms with Crippen LogP contribution in [-0.4, -0.2) is 79.8 Å². The maximum atomic E-state index is 13.9. The van der Waals surface area contributed by atoms with Crippen LogP contribution in [0, 0.1) is 11.6 Å². The van der Waals surface area contributed by atoms with Gasteiger partial charge in [0.2, 0.25) is 5.28 Å². The average molecular weight is 627 g/mol. The van der Waals surface area contributed by atoms with E-state index in [2.05, 4.69) is 38.6 Å². The normalized spacial score (nSPS) is 18.1. The van der Waals surface area contributed by atoms with Gasteiger partial charge in [0, 0.05) is 45.3 Å². The summed E-state index contributed by atoms with van der Waals surface area (Å²) < 4.78 is 43.4. The Morgan fingerprint density at radius 1 is 1.05 bits per heavy atom. The second-order valence-electron chi connectivity index (χ2n) is 12.3. The van der Waals surface area contributed by atoms with Gasteiger partial charge in [-0.15, -0.1) is 0 Å². The third-order valence-corrected chi connectivity index (χ3v) is 7.90. The Morgan fingerprint density at radius 3 is 2.20 bits per heavy atom.